The largest absolute Gasteiger partial charge is 0.404 e. The van der Waals surface area contributed by atoms with E-state index in [1.807, 2.05) is 0 Å². The number of carbonyl (C=O) groups excluding carboxylic acids is 1. The number of H-pyrrole nitrogens is 1. The second-order valence-corrected chi connectivity index (χ2v) is 7.44. The Hall–Kier alpha value is -2.58. The van der Waals surface area contributed by atoms with E-state index in [-0.39, 0.29) is 16.3 Å². The molecule has 144 valence electrons. The summed E-state index contributed by atoms with van der Waals surface area (Å²) in [5.74, 6) is -1.21. The molecule has 0 saturated heterocycles. The van der Waals surface area contributed by atoms with Crippen LogP contribution in [-0.2, 0) is 16.8 Å². The minimum Gasteiger partial charge on any atom is -0.356 e. The van der Waals surface area contributed by atoms with E-state index in [0.717, 1.165) is 0 Å². The number of rotatable bonds is 0. The van der Waals surface area contributed by atoms with Crippen LogP contribution < -0.4 is 10.6 Å². The highest BCUT2D eigenvalue weighted by Gasteiger charge is 2.58. The molecule has 2 aliphatic heterocycles. The average molecular weight is 410 g/mol. The van der Waals surface area contributed by atoms with Crippen LogP contribution in [0.3, 0.4) is 0 Å². The molecular formula is C19H12ClF4N3O. The molecule has 3 aromatic rings. The normalized spacial score (nSPS) is 23.8. The maximum Gasteiger partial charge on any atom is 0.404 e. The number of benzene rings is 2. The predicted molar refractivity (Wildman–Crippen MR) is 95.8 cm³/mol. The minimum atomic E-state index is -4.61. The number of amides is 1. The van der Waals surface area contributed by atoms with Gasteiger partial charge in [0, 0.05) is 27.2 Å². The summed E-state index contributed by atoms with van der Waals surface area (Å²) in [6.07, 6.45) is -5.03. The van der Waals surface area contributed by atoms with Crippen molar-refractivity contribution >= 4 is 34.1 Å². The van der Waals surface area contributed by atoms with Crippen LogP contribution in [0.4, 0.5) is 23.2 Å². The quantitative estimate of drug-likeness (QED) is 0.487. The fraction of sp³-hybridized carbons (Fsp3) is 0.211. The first-order valence-electron chi connectivity index (χ1n) is 8.46. The molecule has 0 radical (unpaired) electrons. The van der Waals surface area contributed by atoms with Crippen molar-refractivity contribution in [2.75, 3.05) is 5.32 Å². The number of halogens is 5. The number of fused-ring (bicyclic) bond motifs is 6. The van der Waals surface area contributed by atoms with Crippen LogP contribution in [0, 0.1) is 5.82 Å². The van der Waals surface area contributed by atoms with Crippen molar-refractivity contribution in [3.63, 3.8) is 0 Å². The van der Waals surface area contributed by atoms with E-state index in [0.29, 0.717) is 22.2 Å². The fourth-order valence-electron chi connectivity index (χ4n) is 4.20. The monoisotopic (exact) mass is 409 g/mol. The smallest absolute Gasteiger partial charge is 0.356 e. The lowest BCUT2D eigenvalue weighted by molar-refractivity contribution is -0.162. The van der Waals surface area contributed by atoms with E-state index in [1.54, 1.807) is 12.1 Å². The summed E-state index contributed by atoms with van der Waals surface area (Å²) in [5, 5.41) is 5.76. The molecule has 0 saturated carbocycles. The lowest BCUT2D eigenvalue weighted by Gasteiger charge is -2.39. The number of nitrogens with one attached hydrogen (secondary N) is 3. The molecule has 1 spiro atoms. The second kappa shape index (κ2) is 5.48. The maximum absolute atomic E-state index is 13.8. The summed E-state index contributed by atoms with van der Waals surface area (Å²) in [4.78, 5) is 16.1. The lowest BCUT2D eigenvalue weighted by Crippen LogP contribution is -2.61. The van der Waals surface area contributed by atoms with Crippen LogP contribution in [0.15, 0.2) is 36.4 Å². The number of aromatic nitrogens is 1. The van der Waals surface area contributed by atoms with Gasteiger partial charge in [-0.2, -0.15) is 13.2 Å². The third-order valence-corrected chi connectivity index (χ3v) is 5.65. The Morgan fingerprint density at radius 2 is 1.93 bits per heavy atom. The van der Waals surface area contributed by atoms with Gasteiger partial charge in [-0.05, 0) is 48.4 Å². The van der Waals surface area contributed by atoms with Gasteiger partial charge in [-0.15, -0.1) is 0 Å². The van der Waals surface area contributed by atoms with Crippen molar-refractivity contribution in [1.29, 1.82) is 0 Å². The Kier molecular flexibility index (Phi) is 3.43. The van der Waals surface area contributed by atoms with Gasteiger partial charge in [-0.1, -0.05) is 11.6 Å². The van der Waals surface area contributed by atoms with Crippen LogP contribution in [0.1, 0.15) is 16.8 Å². The SMILES string of the molecule is O=C1Nc2ccc(Cl)cc2[C@]12N[C@H](C(F)(F)F)Cc1c2[nH]c2ccc(F)cc12. The highest BCUT2D eigenvalue weighted by Crippen LogP contribution is 2.48. The number of aromatic amines is 1. The zero-order valence-corrected chi connectivity index (χ0v) is 14.8. The number of carbonyl (C=O) groups is 1. The number of hydrogen-bond donors (Lipinski definition) is 3. The van der Waals surface area contributed by atoms with E-state index in [4.69, 9.17) is 11.6 Å². The molecule has 5 rings (SSSR count). The number of hydrogen-bond acceptors (Lipinski definition) is 2. The van der Waals surface area contributed by atoms with Crippen molar-refractivity contribution in [1.82, 2.24) is 10.3 Å². The maximum atomic E-state index is 13.8. The van der Waals surface area contributed by atoms with Gasteiger partial charge in [0.2, 0.25) is 0 Å². The summed E-state index contributed by atoms with van der Waals surface area (Å²) in [6, 6.07) is 6.42. The van der Waals surface area contributed by atoms with Gasteiger partial charge in [0.25, 0.3) is 5.91 Å². The molecule has 2 aromatic carbocycles. The summed E-state index contributed by atoms with van der Waals surface area (Å²) in [7, 11) is 0. The number of alkyl halides is 3. The van der Waals surface area contributed by atoms with Crippen LogP contribution in [0.2, 0.25) is 5.02 Å². The molecule has 3 heterocycles. The first-order chi connectivity index (χ1) is 13.2. The van der Waals surface area contributed by atoms with Gasteiger partial charge in [-0.25, -0.2) is 4.39 Å². The van der Waals surface area contributed by atoms with Crippen molar-refractivity contribution in [2.45, 2.75) is 24.2 Å². The molecule has 4 nitrogen and oxygen atoms in total. The van der Waals surface area contributed by atoms with E-state index in [1.165, 1.54) is 24.3 Å². The molecule has 0 bridgehead atoms. The summed E-state index contributed by atoms with van der Waals surface area (Å²) >= 11 is 6.08. The summed E-state index contributed by atoms with van der Waals surface area (Å²) in [5.41, 5.74) is -0.138. The Balaban J connectivity index is 1.86. The summed E-state index contributed by atoms with van der Waals surface area (Å²) in [6.45, 7) is 0. The highest BCUT2D eigenvalue weighted by atomic mass is 35.5. The first kappa shape index (κ1) is 17.5. The van der Waals surface area contributed by atoms with Gasteiger partial charge in [0.15, 0.2) is 5.54 Å². The third kappa shape index (κ3) is 2.24. The van der Waals surface area contributed by atoms with Crippen molar-refractivity contribution in [3.8, 4) is 0 Å². The van der Waals surface area contributed by atoms with Gasteiger partial charge in [0.05, 0.1) is 5.69 Å². The summed E-state index contributed by atoms with van der Waals surface area (Å²) < 4.78 is 55.0. The van der Waals surface area contributed by atoms with E-state index >= 15 is 0 Å². The molecule has 0 aliphatic carbocycles. The van der Waals surface area contributed by atoms with E-state index < -0.39 is 35.9 Å². The van der Waals surface area contributed by atoms with Gasteiger partial charge < -0.3 is 10.3 Å². The van der Waals surface area contributed by atoms with Crippen molar-refractivity contribution in [2.24, 2.45) is 0 Å². The Labute approximate surface area is 160 Å². The fourth-order valence-corrected chi connectivity index (χ4v) is 4.38. The molecular weight excluding hydrogens is 398 g/mol. The predicted octanol–water partition coefficient (Wildman–Crippen LogP) is 4.23. The van der Waals surface area contributed by atoms with Crippen molar-refractivity contribution < 1.29 is 22.4 Å². The van der Waals surface area contributed by atoms with Gasteiger partial charge in [-0.3, -0.25) is 10.1 Å². The van der Waals surface area contributed by atoms with E-state index in [2.05, 4.69) is 15.6 Å². The van der Waals surface area contributed by atoms with Crippen LogP contribution in [-0.4, -0.2) is 23.1 Å². The molecule has 0 unspecified atom stereocenters. The molecule has 1 aromatic heterocycles. The van der Waals surface area contributed by atoms with Crippen LogP contribution in [0.5, 0.6) is 0 Å². The average Bonchev–Trinajstić information content (AvgIpc) is 3.11. The molecule has 9 heteroatoms. The number of anilines is 1. The van der Waals surface area contributed by atoms with Crippen LogP contribution in [0.25, 0.3) is 10.9 Å². The van der Waals surface area contributed by atoms with Gasteiger partial charge in [0.1, 0.15) is 11.9 Å². The zero-order valence-electron chi connectivity index (χ0n) is 14.0. The van der Waals surface area contributed by atoms with Crippen molar-refractivity contribution in [3.05, 3.63) is 64.1 Å². The third-order valence-electron chi connectivity index (χ3n) is 5.41. The van der Waals surface area contributed by atoms with E-state index in [9.17, 15) is 22.4 Å². The molecule has 1 amide bonds. The zero-order chi connectivity index (χ0) is 19.8. The Bertz CT molecular complexity index is 1160. The Morgan fingerprint density at radius 3 is 2.68 bits per heavy atom. The molecule has 28 heavy (non-hydrogen) atoms. The Morgan fingerprint density at radius 1 is 1.14 bits per heavy atom. The van der Waals surface area contributed by atoms with Gasteiger partial charge >= 0.3 is 6.18 Å². The standard InChI is InChI=1S/C19H12ClF4N3O/c20-8-1-3-14-12(5-8)18(17(28)26-14)16-11(7-15(27-18)19(22,23)24)10-6-9(21)2-4-13(10)25-16/h1-6,15,25,27H,7H2,(H,26,28)/t15-,18+/m0/s1. The highest BCUT2D eigenvalue weighted by molar-refractivity contribution is 6.31. The topological polar surface area (TPSA) is 56.9 Å². The second-order valence-electron chi connectivity index (χ2n) is 7.01. The molecule has 2 aliphatic rings. The lowest BCUT2D eigenvalue weighted by atomic mass is 9.79. The van der Waals surface area contributed by atoms with Crippen LogP contribution >= 0.6 is 11.6 Å². The molecule has 0 fully saturated rings. The first-order valence-corrected chi connectivity index (χ1v) is 8.84. The minimum absolute atomic E-state index is 0.263. The molecule has 2 atom stereocenters. The molecule has 3 N–H and O–H groups in total.